The van der Waals surface area contributed by atoms with Crippen LogP contribution in [-0.2, 0) is 4.74 Å². The zero-order chi connectivity index (χ0) is 18.7. The number of amides is 1. The maximum Gasteiger partial charge on any atom is 0.407 e. The molecule has 140 valence electrons. The van der Waals surface area contributed by atoms with E-state index in [2.05, 4.69) is 20.3 Å². The Morgan fingerprint density at radius 1 is 1.23 bits per heavy atom. The number of hydrogen-bond donors (Lipinski definition) is 1. The molecule has 1 N–H and O–H groups in total. The number of pyridine rings is 1. The highest BCUT2D eigenvalue weighted by molar-refractivity contribution is 6.28. The van der Waals surface area contributed by atoms with Crippen LogP contribution in [0, 0.1) is 0 Å². The smallest absolute Gasteiger partial charge is 0.407 e. The fourth-order valence-electron chi connectivity index (χ4n) is 2.95. The van der Waals surface area contributed by atoms with Gasteiger partial charge in [-0.3, -0.25) is 0 Å². The summed E-state index contributed by atoms with van der Waals surface area (Å²) in [7, 11) is 0. The molecule has 2 aromatic rings. The van der Waals surface area contributed by atoms with Gasteiger partial charge in [0.2, 0.25) is 11.2 Å². The van der Waals surface area contributed by atoms with Crippen LogP contribution in [0.3, 0.4) is 0 Å². The predicted octanol–water partition coefficient (Wildman–Crippen LogP) is 3.89. The van der Waals surface area contributed by atoms with E-state index in [9.17, 15) is 4.79 Å². The van der Waals surface area contributed by atoms with E-state index in [0.29, 0.717) is 16.9 Å². The largest absolute Gasteiger partial charge is 0.473 e. The summed E-state index contributed by atoms with van der Waals surface area (Å²) < 4.78 is 11.3. The molecule has 7 nitrogen and oxygen atoms in total. The zero-order valence-electron chi connectivity index (χ0n) is 15.2. The van der Waals surface area contributed by atoms with Crippen molar-refractivity contribution in [2.75, 3.05) is 0 Å². The Balaban J connectivity index is 1.57. The molecule has 0 spiro atoms. The quantitative estimate of drug-likeness (QED) is 0.815. The molecule has 0 aliphatic heterocycles. The van der Waals surface area contributed by atoms with Crippen molar-refractivity contribution in [3.05, 3.63) is 23.6 Å². The standard InChI is InChI=1S/C18H23ClN4O3/c1-18(2,3)26-17(24)21-11-6-8-12(9-7-11)25-15-14-13(5-4-10-20-14)22-16(19)23-15/h4-5,10-12H,6-9H2,1-3H3,(H,21,24). The van der Waals surface area contributed by atoms with Gasteiger partial charge in [0.1, 0.15) is 11.7 Å². The van der Waals surface area contributed by atoms with Gasteiger partial charge in [0, 0.05) is 12.2 Å². The summed E-state index contributed by atoms with van der Waals surface area (Å²) in [6.07, 6.45) is 4.53. The van der Waals surface area contributed by atoms with Gasteiger partial charge < -0.3 is 14.8 Å². The Labute approximate surface area is 157 Å². The van der Waals surface area contributed by atoms with Crippen LogP contribution in [0.25, 0.3) is 11.0 Å². The number of ether oxygens (including phenoxy) is 2. The maximum absolute atomic E-state index is 11.9. The molecule has 1 aliphatic carbocycles. The number of rotatable bonds is 3. The number of halogens is 1. The molecule has 0 radical (unpaired) electrons. The molecule has 2 aromatic heterocycles. The van der Waals surface area contributed by atoms with Crippen molar-refractivity contribution in [3.8, 4) is 5.88 Å². The summed E-state index contributed by atoms with van der Waals surface area (Å²) in [6.45, 7) is 5.55. The molecule has 2 heterocycles. The number of carbonyl (C=O) groups is 1. The van der Waals surface area contributed by atoms with Crippen molar-refractivity contribution in [1.82, 2.24) is 20.3 Å². The van der Waals surface area contributed by atoms with Crippen LogP contribution in [0.1, 0.15) is 46.5 Å². The van der Waals surface area contributed by atoms with Crippen molar-refractivity contribution in [2.24, 2.45) is 0 Å². The topological polar surface area (TPSA) is 86.2 Å². The van der Waals surface area contributed by atoms with Gasteiger partial charge in [-0.2, -0.15) is 4.98 Å². The van der Waals surface area contributed by atoms with Crippen molar-refractivity contribution >= 4 is 28.7 Å². The lowest BCUT2D eigenvalue weighted by molar-refractivity contribution is 0.0470. The maximum atomic E-state index is 11.9. The van der Waals surface area contributed by atoms with E-state index in [0.717, 1.165) is 25.7 Å². The lowest BCUT2D eigenvalue weighted by atomic mass is 9.93. The van der Waals surface area contributed by atoms with Crippen LogP contribution in [0.4, 0.5) is 4.79 Å². The predicted molar refractivity (Wildman–Crippen MR) is 98.4 cm³/mol. The molecule has 0 unspecified atom stereocenters. The van der Waals surface area contributed by atoms with E-state index in [1.807, 2.05) is 26.8 Å². The van der Waals surface area contributed by atoms with Crippen molar-refractivity contribution < 1.29 is 14.3 Å². The first-order valence-electron chi connectivity index (χ1n) is 8.74. The molecule has 0 aromatic carbocycles. The van der Waals surface area contributed by atoms with Crippen LogP contribution in [0.2, 0.25) is 5.28 Å². The average Bonchev–Trinajstić information content (AvgIpc) is 2.55. The van der Waals surface area contributed by atoms with Crippen molar-refractivity contribution in [2.45, 2.75) is 64.2 Å². The summed E-state index contributed by atoms with van der Waals surface area (Å²) in [5.74, 6) is 0.407. The van der Waals surface area contributed by atoms with Crippen LogP contribution in [0.15, 0.2) is 18.3 Å². The number of alkyl carbamates (subject to hydrolysis) is 1. The lowest BCUT2D eigenvalue weighted by Gasteiger charge is -2.30. The fraction of sp³-hybridized carbons (Fsp3) is 0.556. The lowest BCUT2D eigenvalue weighted by Crippen LogP contribution is -2.42. The van der Waals surface area contributed by atoms with Gasteiger partial charge >= 0.3 is 6.09 Å². The minimum atomic E-state index is -0.495. The number of nitrogens with zero attached hydrogens (tertiary/aromatic N) is 3. The molecule has 1 amide bonds. The summed E-state index contributed by atoms with van der Waals surface area (Å²) in [4.78, 5) is 24.5. The minimum absolute atomic E-state index is 0.00265. The second kappa shape index (κ2) is 7.61. The van der Waals surface area contributed by atoms with Gasteiger partial charge in [-0.05, 0) is 70.2 Å². The molecular weight excluding hydrogens is 356 g/mol. The van der Waals surface area contributed by atoms with E-state index >= 15 is 0 Å². The van der Waals surface area contributed by atoms with Crippen molar-refractivity contribution in [1.29, 1.82) is 0 Å². The van der Waals surface area contributed by atoms with Gasteiger partial charge in [-0.1, -0.05) is 0 Å². The summed E-state index contributed by atoms with van der Waals surface area (Å²) in [6, 6.07) is 3.71. The first kappa shape index (κ1) is 18.6. The molecule has 8 heteroatoms. The van der Waals surface area contributed by atoms with Gasteiger partial charge in [0.05, 0.1) is 5.52 Å². The number of carbonyl (C=O) groups excluding carboxylic acids is 1. The van der Waals surface area contributed by atoms with Crippen LogP contribution < -0.4 is 10.1 Å². The summed E-state index contributed by atoms with van der Waals surface area (Å²) in [5, 5.41) is 3.06. The van der Waals surface area contributed by atoms with E-state index in [4.69, 9.17) is 21.1 Å². The summed E-state index contributed by atoms with van der Waals surface area (Å²) in [5.41, 5.74) is 0.763. The van der Waals surface area contributed by atoms with E-state index in [1.54, 1.807) is 12.3 Å². The van der Waals surface area contributed by atoms with Gasteiger partial charge in [-0.15, -0.1) is 0 Å². The minimum Gasteiger partial charge on any atom is -0.473 e. The second-order valence-electron chi connectivity index (χ2n) is 7.41. The normalized spacial score (nSPS) is 20.6. The first-order chi connectivity index (χ1) is 12.3. The molecule has 26 heavy (non-hydrogen) atoms. The molecular formula is C18H23ClN4O3. The molecule has 0 bridgehead atoms. The molecule has 0 saturated heterocycles. The Morgan fingerprint density at radius 3 is 2.65 bits per heavy atom. The Hall–Kier alpha value is -2.15. The Bertz CT molecular complexity index is 786. The van der Waals surface area contributed by atoms with Crippen molar-refractivity contribution in [3.63, 3.8) is 0 Å². The highest BCUT2D eigenvalue weighted by atomic mass is 35.5. The molecule has 1 fully saturated rings. The third-order valence-corrected chi connectivity index (χ3v) is 4.24. The van der Waals surface area contributed by atoms with E-state index in [1.165, 1.54) is 0 Å². The van der Waals surface area contributed by atoms with E-state index in [-0.39, 0.29) is 23.5 Å². The van der Waals surface area contributed by atoms with Gasteiger partial charge in [0.15, 0.2) is 5.52 Å². The molecule has 0 atom stereocenters. The molecule has 3 rings (SSSR count). The number of nitrogens with one attached hydrogen (secondary N) is 1. The van der Waals surface area contributed by atoms with E-state index < -0.39 is 5.60 Å². The Kier molecular flexibility index (Phi) is 5.46. The first-order valence-corrected chi connectivity index (χ1v) is 9.12. The third-order valence-electron chi connectivity index (χ3n) is 4.07. The zero-order valence-corrected chi connectivity index (χ0v) is 15.9. The van der Waals surface area contributed by atoms with Crippen LogP contribution >= 0.6 is 11.6 Å². The monoisotopic (exact) mass is 378 g/mol. The third kappa shape index (κ3) is 4.94. The highest BCUT2D eigenvalue weighted by Crippen LogP contribution is 2.27. The Morgan fingerprint density at radius 2 is 1.96 bits per heavy atom. The summed E-state index contributed by atoms with van der Waals surface area (Å²) >= 11 is 5.98. The number of hydrogen-bond acceptors (Lipinski definition) is 6. The molecule has 1 aliphatic rings. The second-order valence-corrected chi connectivity index (χ2v) is 7.74. The highest BCUT2D eigenvalue weighted by Gasteiger charge is 2.26. The SMILES string of the molecule is CC(C)(C)OC(=O)NC1CCC(Oc2nc(Cl)nc3cccnc23)CC1. The van der Waals surface area contributed by atoms with Crippen LogP contribution in [-0.4, -0.2) is 38.8 Å². The van der Waals surface area contributed by atoms with Crippen LogP contribution in [0.5, 0.6) is 5.88 Å². The number of aromatic nitrogens is 3. The fourth-order valence-corrected chi connectivity index (χ4v) is 3.12. The van der Waals surface area contributed by atoms with Gasteiger partial charge in [0.25, 0.3) is 0 Å². The molecule has 1 saturated carbocycles. The average molecular weight is 379 g/mol. The van der Waals surface area contributed by atoms with Gasteiger partial charge in [-0.25, -0.2) is 14.8 Å². The number of fused-ring (bicyclic) bond motifs is 1.